The van der Waals surface area contributed by atoms with E-state index < -0.39 is 10.0 Å². The second-order valence-electron chi connectivity index (χ2n) is 5.21. The SMILES string of the molecule is CCCCNS(=O)(=O)c1cccc(NC(=O)c2ccccc2Br)c1. The fourth-order valence-corrected chi connectivity index (χ4v) is 3.64. The summed E-state index contributed by atoms with van der Waals surface area (Å²) in [4.78, 5) is 12.4. The molecule has 0 radical (unpaired) electrons. The van der Waals surface area contributed by atoms with Crippen molar-refractivity contribution in [3.63, 3.8) is 0 Å². The van der Waals surface area contributed by atoms with E-state index >= 15 is 0 Å². The molecule has 0 aliphatic rings. The van der Waals surface area contributed by atoms with E-state index in [0.29, 0.717) is 22.3 Å². The number of benzene rings is 2. The second kappa shape index (κ2) is 8.41. The topological polar surface area (TPSA) is 75.3 Å². The number of hydrogen-bond donors (Lipinski definition) is 2. The van der Waals surface area contributed by atoms with Crippen LogP contribution in [0.5, 0.6) is 0 Å². The van der Waals surface area contributed by atoms with Crippen molar-refractivity contribution in [2.75, 3.05) is 11.9 Å². The summed E-state index contributed by atoms with van der Waals surface area (Å²) in [6, 6.07) is 13.2. The molecule has 0 aliphatic carbocycles. The minimum absolute atomic E-state index is 0.128. The first-order chi connectivity index (χ1) is 11.4. The van der Waals surface area contributed by atoms with Crippen LogP contribution in [0, 0.1) is 0 Å². The van der Waals surface area contributed by atoms with E-state index in [-0.39, 0.29) is 10.8 Å². The van der Waals surface area contributed by atoms with Crippen molar-refractivity contribution < 1.29 is 13.2 Å². The van der Waals surface area contributed by atoms with Gasteiger partial charge < -0.3 is 5.32 Å². The Bertz CT molecular complexity index is 822. The maximum Gasteiger partial charge on any atom is 0.256 e. The largest absolute Gasteiger partial charge is 0.322 e. The number of hydrogen-bond acceptors (Lipinski definition) is 3. The molecule has 2 N–H and O–H groups in total. The highest BCUT2D eigenvalue weighted by Crippen LogP contribution is 2.20. The quantitative estimate of drug-likeness (QED) is 0.681. The third kappa shape index (κ3) is 4.90. The Labute approximate surface area is 150 Å². The molecule has 0 bridgehead atoms. The third-order valence-corrected chi connectivity index (χ3v) is 5.49. The van der Waals surface area contributed by atoms with Gasteiger partial charge in [0.05, 0.1) is 10.5 Å². The first kappa shape index (κ1) is 18.6. The molecule has 1 amide bonds. The van der Waals surface area contributed by atoms with E-state index in [0.717, 1.165) is 12.8 Å². The number of rotatable bonds is 7. The smallest absolute Gasteiger partial charge is 0.256 e. The Morgan fingerprint density at radius 1 is 1.12 bits per heavy atom. The zero-order chi connectivity index (χ0) is 17.6. The summed E-state index contributed by atoms with van der Waals surface area (Å²) in [6.07, 6.45) is 1.68. The Morgan fingerprint density at radius 2 is 1.88 bits per heavy atom. The predicted octanol–water partition coefficient (Wildman–Crippen LogP) is 3.78. The summed E-state index contributed by atoms with van der Waals surface area (Å²) in [5.41, 5.74) is 0.904. The molecule has 0 saturated heterocycles. The van der Waals surface area contributed by atoms with Crippen LogP contribution in [-0.4, -0.2) is 20.9 Å². The highest BCUT2D eigenvalue weighted by atomic mass is 79.9. The molecule has 0 aliphatic heterocycles. The molecule has 0 fully saturated rings. The van der Waals surface area contributed by atoms with Crippen molar-refractivity contribution in [1.82, 2.24) is 4.72 Å². The summed E-state index contributed by atoms with van der Waals surface area (Å²) < 4.78 is 27.7. The third-order valence-electron chi connectivity index (χ3n) is 3.34. The maximum absolute atomic E-state index is 12.3. The van der Waals surface area contributed by atoms with Crippen molar-refractivity contribution in [2.24, 2.45) is 0 Å². The van der Waals surface area contributed by atoms with Gasteiger partial charge in [0.15, 0.2) is 0 Å². The molecule has 0 atom stereocenters. The van der Waals surface area contributed by atoms with Gasteiger partial charge in [-0.1, -0.05) is 31.5 Å². The van der Waals surface area contributed by atoms with E-state index in [1.807, 2.05) is 13.0 Å². The summed E-state index contributed by atoms with van der Waals surface area (Å²) in [5, 5.41) is 2.72. The fraction of sp³-hybridized carbons (Fsp3) is 0.235. The molecule has 0 unspecified atom stereocenters. The second-order valence-corrected chi connectivity index (χ2v) is 7.83. The summed E-state index contributed by atoms with van der Waals surface area (Å²) in [5.74, 6) is -0.309. The lowest BCUT2D eigenvalue weighted by Gasteiger charge is -2.10. The average Bonchev–Trinajstić information content (AvgIpc) is 2.55. The van der Waals surface area contributed by atoms with Crippen LogP contribution in [0.2, 0.25) is 0 Å². The number of unbranched alkanes of at least 4 members (excludes halogenated alkanes) is 1. The molecule has 2 aromatic rings. The minimum atomic E-state index is -3.57. The number of sulfonamides is 1. The first-order valence-electron chi connectivity index (χ1n) is 7.59. The van der Waals surface area contributed by atoms with E-state index in [4.69, 9.17) is 0 Å². The van der Waals surface area contributed by atoms with Crippen LogP contribution in [-0.2, 0) is 10.0 Å². The summed E-state index contributed by atoms with van der Waals surface area (Å²) in [6.45, 7) is 2.39. The van der Waals surface area contributed by atoms with Crippen LogP contribution in [0.1, 0.15) is 30.1 Å². The maximum atomic E-state index is 12.3. The predicted molar refractivity (Wildman–Crippen MR) is 98.6 cm³/mol. The number of anilines is 1. The molecule has 0 spiro atoms. The number of halogens is 1. The molecule has 24 heavy (non-hydrogen) atoms. The van der Waals surface area contributed by atoms with Gasteiger partial charge in [-0.3, -0.25) is 4.79 Å². The average molecular weight is 411 g/mol. The van der Waals surface area contributed by atoms with Crippen molar-refractivity contribution in [3.05, 3.63) is 58.6 Å². The van der Waals surface area contributed by atoms with Crippen LogP contribution in [0.25, 0.3) is 0 Å². The number of carbonyl (C=O) groups excluding carboxylic acids is 1. The molecule has 2 aromatic carbocycles. The lowest BCUT2D eigenvalue weighted by Crippen LogP contribution is -2.24. The molecule has 0 heterocycles. The van der Waals surface area contributed by atoms with Crippen LogP contribution in [0.3, 0.4) is 0 Å². The Morgan fingerprint density at radius 3 is 2.58 bits per heavy atom. The normalized spacial score (nSPS) is 11.2. The first-order valence-corrected chi connectivity index (χ1v) is 9.87. The summed E-state index contributed by atoms with van der Waals surface area (Å²) >= 11 is 3.32. The van der Waals surface area contributed by atoms with Gasteiger partial charge in [0, 0.05) is 16.7 Å². The van der Waals surface area contributed by atoms with Crippen molar-refractivity contribution in [3.8, 4) is 0 Å². The number of amides is 1. The van der Waals surface area contributed by atoms with Gasteiger partial charge in [0.25, 0.3) is 5.91 Å². The van der Waals surface area contributed by atoms with Gasteiger partial charge >= 0.3 is 0 Å². The van der Waals surface area contributed by atoms with Crippen LogP contribution >= 0.6 is 15.9 Å². The van der Waals surface area contributed by atoms with E-state index in [2.05, 4.69) is 26.0 Å². The van der Waals surface area contributed by atoms with E-state index in [1.54, 1.807) is 30.3 Å². The van der Waals surface area contributed by atoms with Gasteiger partial charge in [0.2, 0.25) is 10.0 Å². The zero-order valence-electron chi connectivity index (χ0n) is 13.3. The molecular weight excluding hydrogens is 392 g/mol. The Hall–Kier alpha value is -1.70. The lowest BCUT2D eigenvalue weighted by molar-refractivity contribution is 0.102. The Balaban J connectivity index is 2.16. The fourth-order valence-electron chi connectivity index (χ4n) is 2.05. The van der Waals surface area contributed by atoms with Gasteiger partial charge in [-0.15, -0.1) is 0 Å². The van der Waals surface area contributed by atoms with Gasteiger partial charge in [0.1, 0.15) is 0 Å². The molecular formula is C17H19BrN2O3S. The van der Waals surface area contributed by atoms with Crippen molar-refractivity contribution in [1.29, 1.82) is 0 Å². The van der Waals surface area contributed by atoms with Gasteiger partial charge in [-0.05, 0) is 52.7 Å². The standard InChI is InChI=1S/C17H19BrN2O3S/c1-2-3-11-19-24(22,23)14-8-6-7-13(12-14)20-17(21)15-9-4-5-10-16(15)18/h4-10,12,19H,2-3,11H2,1H3,(H,20,21). The van der Waals surface area contributed by atoms with Crippen LogP contribution in [0.15, 0.2) is 57.9 Å². The van der Waals surface area contributed by atoms with Crippen molar-refractivity contribution in [2.45, 2.75) is 24.7 Å². The molecule has 0 saturated carbocycles. The van der Waals surface area contributed by atoms with Crippen LogP contribution < -0.4 is 10.0 Å². The molecule has 128 valence electrons. The van der Waals surface area contributed by atoms with Crippen molar-refractivity contribution >= 4 is 37.5 Å². The summed E-state index contributed by atoms with van der Waals surface area (Å²) in [7, 11) is -3.57. The van der Waals surface area contributed by atoms with Gasteiger partial charge in [-0.2, -0.15) is 0 Å². The lowest BCUT2D eigenvalue weighted by atomic mass is 10.2. The molecule has 7 heteroatoms. The number of carbonyl (C=O) groups is 1. The highest BCUT2D eigenvalue weighted by Gasteiger charge is 2.15. The van der Waals surface area contributed by atoms with Crippen LogP contribution in [0.4, 0.5) is 5.69 Å². The molecule has 5 nitrogen and oxygen atoms in total. The van der Waals surface area contributed by atoms with E-state index in [1.165, 1.54) is 12.1 Å². The highest BCUT2D eigenvalue weighted by molar-refractivity contribution is 9.10. The van der Waals surface area contributed by atoms with E-state index in [9.17, 15) is 13.2 Å². The minimum Gasteiger partial charge on any atom is -0.322 e. The molecule has 0 aromatic heterocycles. The Kier molecular flexibility index (Phi) is 6.53. The number of nitrogens with one attached hydrogen (secondary N) is 2. The zero-order valence-corrected chi connectivity index (χ0v) is 15.7. The molecule has 2 rings (SSSR count). The monoisotopic (exact) mass is 410 g/mol. The van der Waals surface area contributed by atoms with Gasteiger partial charge in [-0.25, -0.2) is 13.1 Å².